The van der Waals surface area contributed by atoms with Gasteiger partial charge in [0.25, 0.3) is 5.91 Å². The predicted molar refractivity (Wildman–Crippen MR) is 136 cm³/mol. The van der Waals surface area contributed by atoms with Gasteiger partial charge in [0.1, 0.15) is 5.82 Å². The van der Waals surface area contributed by atoms with Gasteiger partial charge < -0.3 is 16.0 Å². The summed E-state index contributed by atoms with van der Waals surface area (Å²) in [6.45, 7) is 6.28. The molecule has 0 unspecified atom stereocenters. The van der Waals surface area contributed by atoms with Crippen LogP contribution in [-0.4, -0.2) is 45.7 Å². The first-order chi connectivity index (χ1) is 16.9. The van der Waals surface area contributed by atoms with Gasteiger partial charge in [-0.1, -0.05) is 36.4 Å². The molecule has 2 aromatic carbocycles. The smallest absolute Gasteiger partial charge is 0.252 e. The van der Waals surface area contributed by atoms with Crippen molar-refractivity contribution < 1.29 is 9.18 Å². The average Bonchev–Trinajstić information content (AvgIpc) is 3.27. The van der Waals surface area contributed by atoms with E-state index in [0.717, 1.165) is 24.2 Å². The van der Waals surface area contributed by atoms with Gasteiger partial charge in [-0.05, 0) is 44.7 Å². The summed E-state index contributed by atoms with van der Waals surface area (Å²) in [5.41, 5.74) is 9.92. The largest absolute Gasteiger partial charge is 0.348 e. The highest BCUT2D eigenvalue weighted by Gasteiger charge is 2.19. The van der Waals surface area contributed by atoms with Crippen LogP contribution < -0.4 is 11.1 Å². The number of nitrogens with zero attached hydrogens (tertiary/aromatic N) is 4. The Balaban J connectivity index is 1.72. The zero-order chi connectivity index (χ0) is 24.9. The Morgan fingerprint density at radius 1 is 1.17 bits per heavy atom. The van der Waals surface area contributed by atoms with E-state index in [1.165, 1.54) is 6.07 Å². The van der Waals surface area contributed by atoms with Crippen LogP contribution >= 0.6 is 0 Å². The van der Waals surface area contributed by atoms with E-state index in [2.05, 4.69) is 27.4 Å². The lowest BCUT2D eigenvalue weighted by molar-refractivity contribution is 0.0952. The molecule has 0 bridgehead atoms. The zero-order valence-corrected chi connectivity index (χ0v) is 20.3. The molecular formula is C27H31FN6O. The van der Waals surface area contributed by atoms with Gasteiger partial charge in [-0.3, -0.25) is 4.79 Å². The van der Waals surface area contributed by atoms with E-state index in [1.807, 2.05) is 37.7 Å². The SMILES string of the molecule is CC(C)n1ncc2c(C(=O)NCc3ccccc3F)cc(-c3cccc(CN(C)CCN)c3)nc21. The molecule has 2 aromatic heterocycles. The lowest BCUT2D eigenvalue weighted by Crippen LogP contribution is -2.25. The van der Waals surface area contributed by atoms with Crippen LogP contribution in [0.3, 0.4) is 0 Å². The predicted octanol–water partition coefficient (Wildman–Crippen LogP) is 4.14. The molecule has 7 nitrogen and oxygen atoms in total. The van der Waals surface area contributed by atoms with Crippen LogP contribution in [0.15, 0.2) is 60.8 Å². The van der Waals surface area contributed by atoms with Crippen molar-refractivity contribution in [1.29, 1.82) is 0 Å². The molecule has 3 N–H and O–H groups in total. The van der Waals surface area contributed by atoms with Gasteiger partial charge in [0.2, 0.25) is 0 Å². The second kappa shape index (κ2) is 10.8. The zero-order valence-electron chi connectivity index (χ0n) is 20.3. The molecule has 0 aliphatic heterocycles. The van der Waals surface area contributed by atoms with Crippen molar-refractivity contribution in [2.45, 2.75) is 33.0 Å². The maximum atomic E-state index is 14.1. The van der Waals surface area contributed by atoms with Crippen LogP contribution in [0.2, 0.25) is 0 Å². The number of carbonyl (C=O) groups is 1. The van der Waals surface area contributed by atoms with Gasteiger partial charge in [-0.2, -0.15) is 5.10 Å². The molecule has 0 aliphatic carbocycles. The number of likely N-dealkylation sites (N-methyl/N-ethyl adjacent to an activating group) is 1. The number of halogens is 1. The minimum absolute atomic E-state index is 0.0702. The fraction of sp³-hybridized carbons (Fsp3) is 0.296. The van der Waals surface area contributed by atoms with E-state index in [0.29, 0.717) is 34.4 Å². The summed E-state index contributed by atoms with van der Waals surface area (Å²) in [5, 5.41) is 7.99. The molecule has 1 amide bonds. The summed E-state index contributed by atoms with van der Waals surface area (Å²) < 4.78 is 15.9. The van der Waals surface area contributed by atoms with Gasteiger partial charge in [-0.15, -0.1) is 0 Å². The number of nitrogens with two attached hydrogens (primary N) is 1. The summed E-state index contributed by atoms with van der Waals surface area (Å²) in [4.78, 5) is 20.3. The number of amides is 1. The molecule has 0 radical (unpaired) electrons. The monoisotopic (exact) mass is 474 g/mol. The molecule has 4 aromatic rings. The molecule has 0 atom stereocenters. The van der Waals surface area contributed by atoms with E-state index in [1.54, 1.807) is 30.5 Å². The third-order valence-electron chi connectivity index (χ3n) is 5.88. The van der Waals surface area contributed by atoms with Crippen LogP contribution in [-0.2, 0) is 13.1 Å². The number of aromatic nitrogens is 3. The first kappa shape index (κ1) is 24.5. The quantitative estimate of drug-likeness (QED) is 0.381. The highest BCUT2D eigenvalue weighted by atomic mass is 19.1. The summed E-state index contributed by atoms with van der Waals surface area (Å²) in [6.07, 6.45) is 1.67. The van der Waals surface area contributed by atoms with Crippen molar-refractivity contribution in [1.82, 2.24) is 25.0 Å². The molecule has 35 heavy (non-hydrogen) atoms. The molecular weight excluding hydrogens is 443 g/mol. The molecule has 8 heteroatoms. The van der Waals surface area contributed by atoms with Crippen molar-refractivity contribution in [3.8, 4) is 11.3 Å². The summed E-state index contributed by atoms with van der Waals surface area (Å²) >= 11 is 0. The van der Waals surface area contributed by atoms with E-state index in [4.69, 9.17) is 10.7 Å². The molecule has 0 spiro atoms. The normalized spacial score (nSPS) is 11.5. The Hall–Kier alpha value is -3.62. The molecule has 2 heterocycles. The van der Waals surface area contributed by atoms with Gasteiger partial charge in [0, 0.05) is 43.3 Å². The molecule has 0 fully saturated rings. The Kier molecular flexibility index (Phi) is 7.53. The number of hydrogen-bond donors (Lipinski definition) is 2. The molecule has 0 saturated heterocycles. The van der Waals surface area contributed by atoms with Crippen molar-refractivity contribution in [3.63, 3.8) is 0 Å². The highest BCUT2D eigenvalue weighted by molar-refractivity contribution is 6.06. The molecule has 182 valence electrons. The fourth-order valence-electron chi connectivity index (χ4n) is 4.08. The molecule has 0 aliphatic rings. The van der Waals surface area contributed by atoms with Gasteiger partial charge in [0.15, 0.2) is 5.65 Å². The van der Waals surface area contributed by atoms with E-state index in [9.17, 15) is 9.18 Å². The third kappa shape index (κ3) is 5.55. The Morgan fingerprint density at radius 3 is 2.71 bits per heavy atom. The average molecular weight is 475 g/mol. The van der Waals surface area contributed by atoms with E-state index < -0.39 is 0 Å². The minimum Gasteiger partial charge on any atom is -0.348 e. The summed E-state index contributed by atoms with van der Waals surface area (Å²) in [7, 11) is 2.03. The minimum atomic E-state index is -0.350. The maximum Gasteiger partial charge on any atom is 0.252 e. The number of fused-ring (bicyclic) bond motifs is 1. The second-order valence-corrected chi connectivity index (χ2v) is 8.98. The van der Waals surface area contributed by atoms with Crippen LogP contribution in [0.1, 0.15) is 41.4 Å². The Bertz CT molecular complexity index is 1330. The van der Waals surface area contributed by atoms with E-state index in [-0.39, 0.29) is 24.3 Å². The number of nitrogens with one attached hydrogen (secondary N) is 1. The highest BCUT2D eigenvalue weighted by Crippen LogP contribution is 2.27. The van der Waals surface area contributed by atoms with Crippen LogP contribution in [0.25, 0.3) is 22.3 Å². The third-order valence-corrected chi connectivity index (χ3v) is 5.88. The summed E-state index contributed by atoms with van der Waals surface area (Å²) in [5.74, 6) is -0.651. The van der Waals surface area contributed by atoms with Crippen LogP contribution in [0.5, 0.6) is 0 Å². The van der Waals surface area contributed by atoms with E-state index >= 15 is 0 Å². The van der Waals surface area contributed by atoms with Crippen molar-refractivity contribution in [2.75, 3.05) is 20.1 Å². The van der Waals surface area contributed by atoms with Crippen LogP contribution in [0.4, 0.5) is 4.39 Å². The van der Waals surface area contributed by atoms with Crippen molar-refractivity contribution in [3.05, 3.63) is 83.3 Å². The first-order valence-electron chi connectivity index (χ1n) is 11.7. The lowest BCUT2D eigenvalue weighted by Gasteiger charge is -2.16. The number of carbonyl (C=O) groups excluding carboxylic acids is 1. The number of rotatable bonds is 9. The summed E-state index contributed by atoms with van der Waals surface area (Å²) in [6, 6.07) is 16.4. The van der Waals surface area contributed by atoms with Gasteiger partial charge in [0.05, 0.1) is 22.8 Å². The topological polar surface area (TPSA) is 89.1 Å². The Labute approximate surface area is 204 Å². The van der Waals surface area contributed by atoms with Gasteiger partial charge >= 0.3 is 0 Å². The fourth-order valence-corrected chi connectivity index (χ4v) is 4.08. The van der Waals surface area contributed by atoms with Gasteiger partial charge in [-0.25, -0.2) is 14.1 Å². The number of hydrogen-bond acceptors (Lipinski definition) is 5. The second-order valence-electron chi connectivity index (χ2n) is 8.98. The first-order valence-corrected chi connectivity index (χ1v) is 11.7. The maximum absolute atomic E-state index is 14.1. The number of pyridine rings is 1. The molecule has 0 saturated carbocycles. The Morgan fingerprint density at radius 2 is 1.97 bits per heavy atom. The van der Waals surface area contributed by atoms with Crippen molar-refractivity contribution in [2.24, 2.45) is 5.73 Å². The number of benzene rings is 2. The lowest BCUT2D eigenvalue weighted by atomic mass is 10.0. The van der Waals surface area contributed by atoms with Crippen molar-refractivity contribution >= 4 is 16.9 Å². The standard InChI is InChI=1S/C27H31FN6O/c1-18(2)34-26-23(16-31-34)22(27(35)30-15-21-8-4-5-10-24(21)28)14-25(32-26)20-9-6-7-19(13-20)17-33(3)12-11-29/h4-10,13-14,16,18H,11-12,15,17,29H2,1-3H3,(H,30,35). The van der Waals surface area contributed by atoms with Crippen LogP contribution in [0, 0.1) is 5.82 Å². The molecule has 4 rings (SSSR count).